The number of nitrogen functional groups attached to an aromatic ring is 1. The van der Waals surface area contributed by atoms with Gasteiger partial charge in [0.1, 0.15) is 42.9 Å². The summed E-state index contributed by atoms with van der Waals surface area (Å²) in [7, 11) is -4.39. The van der Waals surface area contributed by atoms with Gasteiger partial charge in [-0.1, -0.05) is 18.9 Å². The fourth-order valence-corrected chi connectivity index (χ4v) is 12.9. The number of nitrogens with one attached hydrogen (secondary N) is 3. The van der Waals surface area contributed by atoms with Crippen LogP contribution in [-0.4, -0.2) is 106 Å². The first-order chi connectivity index (χ1) is 33.9. The summed E-state index contributed by atoms with van der Waals surface area (Å²) in [6.07, 6.45) is 5.83. The fourth-order valence-electron chi connectivity index (χ4n) is 11.9. The maximum absolute atomic E-state index is 14.0. The molecule has 21 heteroatoms. The summed E-state index contributed by atoms with van der Waals surface area (Å²) in [6, 6.07) is 9.21. The van der Waals surface area contributed by atoms with Crippen molar-refractivity contribution in [3.8, 4) is 11.5 Å². The van der Waals surface area contributed by atoms with Crippen LogP contribution >= 0.6 is 7.82 Å². The molecule has 5 aromatic rings. The Kier molecular flexibility index (Phi) is 11.3. The maximum Gasteiger partial charge on any atom is 0.472 e. The van der Waals surface area contributed by atoms with Crippen LogP contribution in [0.25, 0.3) is 16.7 Å². The zero-order chi connectivity index (χ0) is 48.0. The summed E-state index contributed by atoms with van der Waals surface area (Å²) in [6.45, 7) is 4.51. The van der Waals surface area contributed by atoms with Gasteiger partial charge in [0.05, 0.1) is 18.1 Å². The molecule has 2 saturated heterocycles. The number of aromatic carboxylic acids is 1. The molecule has 0 radical (unpaired) electrons. The van der Waals surface area contributed by atoms with Crippen molar-refractivity contribution in [3.63, 3.8) is 0 Å². The number of nitrogens with two attached hydrogens (primary N) is 1. The number of phosphoric ester groups is 1. The van der Waals surface area contributed by atoms with Crippen LogP contribution in [0.2, 0.25) is 0 Å². The summed E-state index contributed by atoms with van der Waals surface area (Å²) in [5.74, 6) is -0.0372. The van der Waals surface area contributed by atoms with Crippen molar-refractivity contribution in [3.05, 3.63) is 95.8 Å². The van der Waals surface area contributed by atoms with Crippen LogP contribution in [0.5, 0.6) is 11.5 Å². The quantitative estimate of drug-likeness (QED) is 0.0579. The molecule has 0 spiro atoms. The first-order valence-electron chi connectivity index (χ1n) is 24.5. The lowest BCUT2D eigenvalue weighted by Crippen LogP contribution is -2.45. The Morgan fingerprint density at radius 3 is 2.54 bits per heavy atom. The number of carbonyl (C=O) groups is 2. The summed E-state index contributed by atoms with van der Waals surface area (Å²) in [5, 5.41) is 32.7. The molecule has 3 aromatic carbocycles. The van der Waals surface area contributed by atoms with Gasteiger partial charge in [0.25, 0.3) is 11.5 Å². The lowest BCUT2D eigenvalue weighted by molar-refractivity contribution is -0.255. The number of ether oxygens (including phenoxy) is 2. The number of rotatable bonds is 12. The second kappa shape index (κ2) is 17.6. The maximum atomic E-state index is 14.0. The van der Waals surface area contributed by atoms with Crippen molar-refractivity contribution >= 4 is 54.0 Å². The zero-order valence-corrected chi connectivity index (χ0v) is 39.4. The molecule has 7 aliphatic rings. The smallest absolute Gasteiger partial charge is 0.472 e. The normalized spacial score (nSPS) is 24.0. The molecule has 7 aliphatic heterocycles. The molecule has 2 fully saturated rings. The fraction of sp³-hybridized carbons (Fsp3) is 0.469. The number of nitrogens with zero attached hydrogens (tertiary/aromatic N) is 5. The van der Waals surface area contributed by atoms with E-state index in [1.54, 1.807) is 12.1 Å². The Balaban J connectivity index is 0.769. The minimum absolute atomic E-state index is 0.0227. The Hall–Kier alpha value is -6.15. The molecule has 9 heterocycles. The average molecular weight is 976 g/mol. The van der Waals surface area contributed by atoms with Gasteiger partial charge in [-0.15, -0.1) is 0 Å². The Labute approximate surface area is 400 Å². The van der Waals surface area contributed by atoms with Crippen molar-refractivity contribution in [1.82, 2.24) is 29.4 Å². The Morgan fingerprint density at radius 1 is 0.943 bits per heavy atom. The van der Waals surface area contributed by atoms with E-state index in [9.17, 15) is 34.1 Å². The number of carboxylic acid groups (broad SMARTS) is 1. The average Bonchev–Trinajstić information content (AvgIpc) is 3.87. The number of amides is 1. The predicted octanol–water partition coefficient (Wildman–Crippen LogP) is 1.68. The van der Waals surface area contributed by atoms with Crippen LogP contribution in [-0.2, 0) is 44.0 Å². The van der Waals surface area contributed by atoms with Gasteiger partial charge in [-0.3, -0.25) is 28.2 Å². The molecular weight excluding hydrogens is 922 g/mol. The number of aryl methyl sites for hydroxylation is 2. The number of carboxylic acids is 1. The molecule has 1 unspecified atom stereocenters. The van der Waals surface area contributed by atoms with E-state index in [0.717, 1.165) is 118 Å². The molecule has 5 atom stereocenters. The zero-order valence-electron chi connectivity index (χ0n) is 38.5. The molecule has 7 N–H and O–H groups in total. The number of hydrogen-bond donors (Lipinski definition) is 6. The largest absolute Gasteiger partial charge is 0.545 e. The highest BCUT2D eigenvalue weighted by Gasteiger charge is 2.53. The van der Waals surface area contributed by atoms with E-state index in [4.69, 9.17) is 24.3 Å². The number of aromatic amines is 1. The minimum atomic E-state index is -4.39. The van der Waals surface area contributed by atoms with Crippen molar-refractivity contribution in [2.24, 2.45) is 0 Å². The summed E-state index contributed by atoms with van der Waals surface area (Å²) in [4.78, 5) is 63.3. The van der Waals surface area contributed by atoms with Gasteiger partial charge >= 0.3 is 7.82 Å². The number of aliphatic hydroxyl groups is 1. The first kappa shape index (κ1) is 45.0. The molecule has 0 aliphatic carbocycles. The topological polar surface area (TPSA) is 272 Å². The number of anilines is 3. The van der Waals surface area contributed by atoms with Gasteiger partial charge in [-0.05, 0) is 86.8 Å². The molecule has 20 nitrogen and oxygen atoms in total. The van der Waals surface area contributed by atoms with Gasteiger partial charge in [0, 0.05) is 83.3 Å². The molecule has 0 saturated carbocycles. The molecule has 0 bridgehead atoms. The number of hydrogen-bond acceptors (Lipinski definition) is 15. The molecular formula is C49H54N9O11P. The lowest BCUT2D eigenvalue weighted by atomic mass is 9.81. The number of benzene rings is 3. The third kappa shape index (κ3) is 7.67. The SMILES string of the molecule is Nc1nc2c(nc(NCCCCCCNC(=O)c3ccc(C(=O)[O-])c(C4=c5cc6c7c(c5Oc5c4cc4c8c5CCCN8CCC4)CCC[N+]=7CCC6)c3)n2[C@@H]2O[C@@H]3COP(=O)(O)O[C@H]3[C@H]2O)c(=O)[nH]1. The van der Waals surface area contributed by atoms with Crippen LogP contribution in [0, 0.1) is 0 Å². The van der Waals surface area contributed by atoms with E-state index < -0.39 is 43.9 Å². The minimum Gasteiger partial charge on any atom is -0.545 e. The van der Waals surface area contributed by atoms with E-state index in [1.165, 1.54) is 43.9 Å². The van der Waals surface area contributed by atoms with Crippen LogP contribution in [0.1, 0.15) is 112 Å². The van der Waals surface area contributed by atoms with Crippen LogP contribution in [0.3, 0.4) is 0 Å². The van der Waals surface area contributed by atoms with E-state index in [1.807, 2.05) is 0 Å². The highest BCUT2D eigenvalue weighted by atomic mass is 31.2. The number of unbranched alkanes of at least 4 members (excludes halogenated alkanes) is 3. The third-order valence-corrected chi connectivity index (χ3v) is 15.9. The summed E-state index contributed by atoms with van der Waals surface area (Å²) >= 11 is 0. The number of aliphatic hydroxyl groups excluding tert-OH is 1. The van der Waals surface area contributed by atoms with Crippen molar-refractivity contribution in [1.29, 1.82) is 0 Å². The third-order valence-electron chi connectivity index (χ3n) is 14.9. The molecule has 1 amide bonds. The van der Waals surface area contributed by atoms with Gasteiger partial charge in [-0.25, -0.2) is 14.1 Å². The Bertz CT molecular complexity index is 3280. The number of H-pyrrole nitrogens is 1. The molecule has 366 valence electrons. The summed E-state index contributed by atoms with van der Waals surface area (Å²) in [5.41, 5.74) is 13.8. The second-order valence-corrected chi connectivity index (χ2v) is 20.7. The van der Waals surface area contributed by atoms with Crippen molar-refractivity contribution in [2.75, 3.05) is 61.8 Å². The molecule has 12 rings (SSSR count). The van der Waals surface area contributed by atoms with Crippen molar-refractivity contribution < 1.29 is 47.8 Å². The van der Waals surface area contributed by atoms with Crippen LogP contribution < -0.4 is 51.8 Å². The van der Waals surface area contributed by atoms with E-state index >= 15 is 0 Å². The number of fused-ring (bicyclic) bond motifs is 6. The monoisotopic (exact) mass is 975 g/mol. The standard InChI is InChI=1S/C49H54N9O11P/c50-48-54-43-36(45(61)55-48)53-49(58(43)46-39(59)42-34(67-46)24-66-70(64,65)69-42)52-16-4-2-1-3-15-51-44(60)27-13-14-28(47(62)63)31(23-27)35-32-21-25-9-5-17-56-19-7-11-29(37(25)56)40(32)68-41-30-12-8-20-57-18-6-10-26(38(30)57)22-33(35)41/h13-14,21-23,34,39,42,46,59H,1-12,15-20,24H2,(H6-,50,51,52,53,54,55,60,61,62,63,64,65)/t34-,39-,42-,46-/m1/s1. The van der Waals surface area contributed by atoms with Gasteiger partial charge in [0.2, 0.25) is 17.3 Å². The van der Waals surface area contributed by atoms with E-state index in [-0.39, 0.29) is 41.1 Å². The van der Waals surface area contributed by atoms with Crippen molar-refractivity contribution in [2.45, 2.75) is 102 Å². The van der Waals surface area contributed by atoms with E-state index in [0.29, 0.717) is 37.1 Å². The highest BCUT2D eigenvalue weighted by molar-refractivity contribution is 7.47. The highest BCUT2D eigenvalue weighted by Crippen LogP contribution is 2.53. The number of carbonyl (C=O) groups excluding carboxylic acids is 2. The Morgan fingerprint density at radius 2 is 1.71 bits per heavy atom. The second-order valence-electron chi connectivity index (χ2n) is 19.3. The number of imidazole rings is 1. The van der Waals surface area contributed by atoms with Crippen LogP contribution in [0.4, 0.5) is 17.6 Å². The predicted molar refractivity (Wildman–Crippen MR) is 253 cm³/mol. The number of aromatic nitrogens is 4. The van der Waals surface area contributed by atoms with Gasteiger partial charge < -0.3 is 50.6 Å². The first-order valence-corrected chi connectivity index (χ1v) is 26.0. The number of phosphoric acid groups is 1. The van der Waals surface area contributed by atoms with E-state index in [2.05, 4.69) is 47.2 Å². The molecule has 2 aromatic heterocycles. The van der Waals surface area contributed by atoms with Gasteiger partial charge in [0.15, 0.2) is 17.4 Å². The summed E-state index contributed by atoms with van der Waals surface area (Å²) < 4.78 is 39.2. The van der Waals surface area contributed by atoms with Gasteiger partial charge in [-0.2, -0.15) is 4.98 Å². The molecule has 70 heavy (non-hydrogen) atoms. The van der Waals surface area contributed by atoms with Crippen LogP contribution in [0.15, 0.2) is 35.1 Å². The lowest BCUT2D eigenvalue weighted by Gasteiger charge is -2.39.